The summed E-state index contributed by atoms with van der Waals surface area (Å²) >= 11 is 6.21. The van der Waals surface area contributed by atoms with E-state index >= 15 is 0 Å². The lowest BCUT2D eigenvalue weighted by Crippen LogP contribution is -2.31. The molecule has 0 fully saturated rings. The number of urea groups is 1. The van der Waals surface area contributed by atoms with Gasteiger partial charge in [-0.15, -0.1) is 0 Å². The number of para-hydroxylation sites is 2. The van der Waals surface area contributed by atoms with Crippen LogP contribution in [0.3, 0.4) is 0 Å². The van der Waals surface area contributed by atoms with Crippen molar-refractivity contribution < 1.29 is 13.9 Å². The standard InChI is InChI=1S/C22H20ClFN4O2/c1-27(22(29)26-20-16(23)6-4-8-18(20)30-2)15-9-11-25-19(13-15)28-12-10-14-5-3-7-17(24)21(14)28/h3-9,11,13H,10,12H2,1-2H3,(H,26,29). The highest BCUT2D eigenvalue weighted by atomic mass is 35.5. The number of nitrogens with zero attached hydrogens (tertiary/aromatic N) is 3. The first-order chi connectivity index (χ1) is 14.5. The topological polar surface area (TPSA) is 57.7 Å². The Morgan fingerprint density at radius 1 is 1.27 bits per heavy atom. The number of amides is 2. The summed E-state index contributed by atoms with van der Waals surface area (Å²) in [6.07, 6.45) is 2.34. The van der Waals surface area contributed by atoms with Gasteiger partial charge in [-0.3, -0.25) is 4.90 Å². The Morgan fingerprint density at radius 3 is 2.87 bits per heavy atom. The van der Waals surface area contributed by atoms with Crippen molar-refractivity contribution in [3.63, 3.8) is 0 Å². The molecule has 8 heteroatoms. The van der Waals surface area contributed by atoms with Gasteiger partial charge in [-0.25, -0.2) is 14.2 Å². The normalized spacial score (nSPS) is 12.5. The van der Waals surface area contributed by atoms with Gasteiger partial charge in [0.2, 0.25) is 0 Å². The highest BCUT2D eigenvalue weighted by molar-refractivity contribution is 6.34. The molecule has 0 atom stereocenters. The smallest absolute Gasteiger partial charge is 0.326 e. The number of benzene rings is 2. The van der Waals surface area contributed by atoms with Crippen LogP contribution in [0.4, 0.5) is 32.1 Å². The fourth-order valence-corrected chi connectivity index (χ4v) is 3.72. The zero-order valence-electron chi connectivity index (χ0n) is 16.5. The molecule has 0 saturated heterocycles. The van der Waals surface area contributed by atoms with Crippen molar-refractivity contribution in [2.24, 2.45) is 0 Å². The van der Waals surface area contributed by atoms with E-state index in [1.807, 2.05) is 11.0 Å². The van der Waals surface area contributed by atoms with E-state index in [0.29, 0.717) is 40.2 Å². The van der Waals surface area contributed by atoms with E-state index in [1.54, 1.807) is 49.6 Å². The average Bonchev–Trinajstić information content (AvgIpc) is 3.20. The molecule has 0 spiro atoms. The number of ether oxygens (including phenoxy) is 1. The number of halogens is 2. The molecule has 2 heterocycles. The van der Waals surface area contributed by atoms with E-state index < -0.39 is 6.03 Å². The van der Waals surface area contributed by atoms with Gasteiger partial charge in [0.15, 0.2) is 0 Å². The van der Waals surface area contributed by atoms with E-state index in [4.69, 9.17) is 16.3 Å². The molecule has 4 rings (SSSR count). The second-order valence-electron chi connectivity index (χ2n) is 6.83. The number of fused-ring (bicyclic) bond motifs is 1. The maximum Gasteiger partial charge on any atom is 0.326 e. The molecule has 0 aliphatic carbocycles. The molecule has 0 unspecified atom stereocenters. The van der Waals surface area contributed by atoms with Crippen LogP contribution >= 0.6 is 11.6 Å². The van der Waals surface area contributed by atoms with Gasteiger partial charge in [0.05, 0.1) is 23.5 Å². The van der Waals surface area contributed by atoms with Gasteiger partial charge in [0, 0.05) is 25.9 Å². The summed E-state index contributed by atoms with van der Waals surface area (Å²) in [7, 11) is 3.14. The van der Waals surface area contributed by atoms with Crippen molar-refractivity contribution in [2.45, 2.75) is 6.42 Å². The zero-order chi connectivity index (χ0) is 21.3. The first-order valence-corrected chi connectivity index (χ1v) is 9.75. The van der Waals surface area contributed by atoms with Crippen LogP contribution in [0.2, 0.25) is 5.02 Å². The second kappa shape index (κ2) is 8.20. The molecule has 2 amide bonds. The number of carbonyl (C=O) groups is 1. The number of hydrogen-bond donors (Lipinski definition) is 1. The van der Waals surface area contributed by atoms with Gasteiger partial charge in [0.1, 0.15) is 23.1 Å². The Balaban J connectivity index is 1.59. The SMILES string of the molecule is COc1cccc(Cl)c1NC(=O)N(C)c1ccnc(N2CCc3cccc(F)c32)c1. The molecule has 1 aliphatic rings. The Kier molecular flexibility index (Phi) is 5.46. The van der Waals surface area contributed by atoms with Crippen LogP contribution in [0.25, 0.3) is 0 Å². The second-order valence-corrected chi connectivity index (χ2v) is 7.23. The lowest BCUT2D eigenvalue weighted by molar-refractivity contribution is 0.258. The molecular formula is C22H20ClFN4O2. The van der Waals surface area contributed by atoms with Crippen molar-refractivity contribution in [3.05, 3.63) is 71.1 Å². The number of hydrogen-bond acceptors (Lipinski definition) is 4. The maximum atomic E-state index is 14.4. The highest BCUT2D eigenvalue weighted by Gasteiger charge is 2.25. The van der Waals surface area contributed by atoms with Crippen LogP contribution in [0.15, 0.2) is 54.7 Å². The summed E-state index contributed by atoms with van der Waals surface area (Å²) in [6, 6.07) is 13.3. The van der Waals surface area contributed by atoms with E-state index in [2.05, 4.69) is 10.3 Å². The number of rotatable bonds is 4. The maximum absolute atomic E-state index is 14.4. The lowest BCUT2D eigenvalue weighted by Gasteiger charge is -2.23. The average molecular weight is 427 g/mol. The molecule has 1 aliphatic heterocycles. The van der Waals surface area contributed by atoms with Gasteiger partial charge < -0.3 is 15.0 Å². The van der Waals surface area contributed by atoms with Crippen LogP contribution < -0.4 is 19.9 Å². The van der Waals surface area contributed by atoms with Crippen LogP contribution in [0, 0.1) is 5.82 Å². The van der Waals surface area contributed by atoms with Crippen molar-refractivity contribution in [1.29, 1.82) is 0 Å². The fourth-order valence-electron chi connectivity index (χ4n) is 3.50. The van der Waals surface area contributed by atoms with Crippen LogP contribution in [-0.2, 0) is 6.42 Å². The number of aromatic nitrogens is 1. The molecule has 1 N–H and O–H groups in total. The molecule has 0 radical (unpaired) electrons. The summed E-state index contributed by atoms with van der Waals surface area (Å²) in [5.74, 6) is 0.754. The number of carbonyl (C=O) groups excluding carboxylic acids is 1. The predicted octanol–water partition coefficient (Wildman–Crippen LogP) is 5.25. The minimum Gasteiger partial charge on any atom is -0.495 e. The third-order valence-electron chi connectivity index (χ3n) is 5.07. The molecule has 0 saturated carbocycles. The van der Waals surface area contributed by atoms with Crippen LogP contribution in [0.5, 0.6) is 5.75 Å². The molecule has 3 aromatic rings. The van der Waals surface area contributed by atoms with E-state index in [0.717, 1.165) is 12.0 Å². The predicted molar refractivity (Wildman–Crippen MR) is 117 cm³/mol. The van der Waals surface area contributed by atoms with Crippen molar-refractivity contribution >= 4 is 40.5 Å². The van der Waals surface area contributed by atoms with Crippen molar-refractivity contribution in [2.75, 3.05) is 35.8 Å². The Bertz CT molecular complexity index is 1110. The third-order valence-corrected chi connectivity index (χ3v) is 5.38. The van der Waals surface area contributed by atoms with Gasteiger partial charge in [-0.2, -0.15) is 0 Å². The van der Waals surface area contributed by atoms with E-state index in [1.165, 1.54) is 18.1 Å². The molecule has 154 valence electrons. The number of pyridine rings is 1. The van der Waals surface area contributed by atoms with Crippen molar-refractivity contribution in [3.8, 4) is 5.75 Å². The minimum absolute atomic E-state index is 0.283. The van der Waals surface area contributed by atoms with Crippen LogP contribution in [0.1, 0.15) is 5.56 Å². The van der Waals surface area contributed by atoms with E-state index in [-0.39, 0.29) is 5.82 Å². The Morgan fingerprint density at radius 2 is 2.07 bits per heavy atom. The quantitative estimate of drug-likeness (QED) is 0.619. The number of anilines is 4. The van der Waals surface area contributed by atoms with Crippen LogP contribution in [-0.4, -0.2) is 31.7 Å². The Labute approximate surface area is 178 Å². The summed E-state index contributed by atoms with van der Waals surface area (Å²) in [4.78, 5) is 20.5. The summed E-state index contributed by atoms with van der Waals surface area (Å²) in [5, 5.41) is 3.15. The van der Waals surface area contributed by atoms with Gasteiger partial charge in [0.25, 0.3) is 0 Å². The Hall–Kier alpha value is -3.32. The van der Waals surface area contributed by atoms with Gasteiger partial charge in [-0.1, -0.05) is 29.8 Å². The summed E-state index contributed by atoms with van der Waals surface area (Å²) in [5.41, 5.74) is 2.48. The molecule has 0 bridgehead atoms. The molecule has 6 nitrogen and oxygen atoms in total. The molecular weight excluding hydrogens is 407 g/mol. The number of methoxy groups -OCH3 is 1. The highest BCUT2D eigenvalue weighted by Crippen LogP contribution is 2.37. The zero-order valence-corrected chi connectivity index (χ0v) is 17.3. The fraction of sp³-hybridized carbons (Fsp3) is 0.182. The summed E-state index contributed by atoms with van der Waals surface area (Å²) in [6.45, 7) is 0.624. The molecule has 1 aromatic heterocycles. The lowest BCUT2D eigenvalue weighted by atomic mass is 10.1. The number of nitrogens with one attached hydrogen (secondary N) is 1. The molecule has 2 aromatic carbocycles. The van der Waals surface area contributed by atoms with Crippen molar-refractivity contribution in [1.82, 2.24) is 4.98 Å². The third kappa shape index (κ3) is 3.64. The monoisotopic (exact) mass is 426 g/mol. The van der Waals surface area contributed by atoms with Gasteiger partial charge >= 0.3 is 6.03 Å². The largest absolute Gasteiger partial charge is 0.495 e. The van der Waals surface area contributed by atoms with E-state index in [9.17, 15) is 9.18 Å². The first kappa shape index (κ1) is 20.0. The minimum atomic E-state index is -0.397. The first-order valence-electron chi connectivity index (χ1n) is 9.38. The summed E-state index contributed by atoms with van der Waals surface area (Å²) < 4.78 is 19.7. The molecule has 30 heavy (non-hydrogen) atoms. The van der Waals surface area contributed by atoms with Gasteiger partial charge in [-0.05, 0) is 36.2 Å².